The van der Waals surface area contributed by atoms with Crippen molar-refractivity contribution in [2.24, 2.45) is 0 Å². The van der Waals surface area contributed by atoms with Gasteiger partial charge in [-0.1, -0.05) is 411 Å². The minimum Gasteiger partial charge on any atom is -0.311 e. The Morgan fingerprint density at radius 2 is 0.500 bits per heavy atom. The number of rotatable bonds is 16. The number of fused-ring (bicyclic) bond motifs is 7. The third-order valence-electron chi connectivity index (χ3n) is 28.2. The average molecular weight is 1800 g/mol. The van der Waals surface area contributed by atoms with Gasteiger partial charge in [-0.15, -0.1) is 0 Å². The molecular formula is C131H107BN8. The van der Waals surface area contributed by atoms with E-state index in [0.717, 1.165) is 162 Å². The Kier molecular flexibility index (Phi) is 21.9. The van der Waals surface area contributed by atoms with Gasteiger partial charge in [-0.05, 0) is 241 Å². The standard InChI is InChI=1S/C131H107BN8/c1-128(2,3)103-67-100(68-104(81-103)129(4,5)6)93-58-63-119-112(77-93)132-113-78-94(101-69-105(130(7,8)9)82-106(70-101)131(10,11)12)59-64-120(113)139(108-73-98(86-43-25-15-26-44-86)66-99(74-108)87-45-27-16-28-46-87)122-80-102(79-121(123(122)132)138(119)107-71-96(84-39-21-13-22-40-84)65-97(72-107)85-41-23-14-24-42-85)92-57-61-117-110(75-92)109-55-37-38-56-116(109)140(117)118-62-60-95(126-133-114(88-47-29-17-30-48-88)83-115(134-126)89-49-31-18-32-50-89)76-111(118)127-136-124(90-51-33-19-34-52-90)135-125(137-127)91-53-35-20-36-54-91/h13-83H,1-12H3. The van der Waals surface area contributed by atoms with E-state index < -0.39 is 0 Å². The number of nitrogens with zero attached hydrogens (tertiary/aromatic N) is 8. The van der Waals surface area contributed by atoms with Gasteiger partial charge in [-0.2, -0.15) is 0 Å². The van der Waals surface area contributed by atoms with Gasteiger partial charge in [-0.3, -0.25) is 0 Å². The van der Waals surface area contributed by atoms with Crippen molar-refractivity contribution in [3.8, 4) is 152 Å². The van der Waals surface area contributed by atoms with Crippen molar-refractivity contribution in [1.29, 1.82) is 0 Å². The monoisotopic (exact) mass is 1800 g/mol. The van der Waals surface area contributed by atoms with Crippen LogP contribution in [-0.2, 0) is 21.7 Å². The van der Waals surface area contributed by atoms with Gasteiger partial charge in [0.2, 0.25) is 0 Å². The molecule has 0 unspecified atom stereocenters. The summed E-state index contributed by atoms with van der Waals surface area (Å²) in [6.07, 6.45) is 0. The van der Waals surface area contributed by atoms with E-state index in [-0.39, 0.29) is 28.4 Å². The molecule has 21 aromatic rings. The van der Waals surface area contributed by atoms with Gasteiger partial charge in [0.15, 0.2) is 23.3 Å². The smallest absolute Gasteiger partial charge is 0.252 e. The summed E-state index contributed by atoms with van der Waals surface area (Å²) in [5.74, 6) is 2.16. The molecule has 8 nitrogen and oxygen atoms in total. The molecule has 140 heavy (non-hydrogen) atoms. The highest BCUT2D eigenvalue weighted by Gasteiger charge is 2.45. The Labute approximate surface area is 822 Å². The first-order chi connectivity index (χ1) is 67.9. The maximum atomic E-state index is 5.57. The van der Waals surface area contributed by atoms with Crippen LogP contribution in [0.25, 0.3) is 173 Å². The van der Waals surface area contributed by atoms with E-state index in [1.54, 1.807) is 0 Å². The van der Waals surface area contributed by atoms with E-state index in [1.165, 1.54) is 60.9 Å². The maximum Gasteiger partial charge on any atom is 0.252 e. The van der Waals surface area contributed by atoms with Crippen LogP contribution in [0.15, 0.2) is 431 Å². The lowest BCUT2D eigenvalue weighted by Gasteiger charge is -2.45. The van der Waals surface area contributed by atoms with E-state index in [0.29, 0.717) is 23.3 Å². The van der Waals surface area contributed by atoms with Gasteiger partial charge >= 0.3 is 0 Å². The van der Waals surface area contributed by atoms with Crippen LogP contribution in [0.2, 0.25) is 0 Å². The summed E-state index contributed by atoms with van der Waals surface area (Å²) in [6.45, 7) is 27.9. The minimum atomic E-state index is -0.327. The molecule has 18 aromatic carbocycles. The third kappa shape index (κ3) is 16.6. The minimum absolute atomic E-state index is 0.138. The van der Waals surface area contributed by atoms with Gasteiger partial charge in [0.05, 0.1) is 28.1 Å². The molecule has 0 N–H and O–H groups in total. The van der Waals surface area contributed by atoms with Gasteiger partial charge in [0.25, 0.3) is 6.71 Å². The summed E-state index contributed by atoms with van der Waals surface area (Å²) in [4.78, 5) is 32.6. The maximum absolute atomic E-state index is 5.57. The molecular weight excluding hydrogens is 1700 g/mol. The highest BCUT2D eigenvalue weighted by atomic mass is 15.2. The third-order valence-corrected chi connectivity index (χ3v) is 28.2. The molecule has 0 radical (unpaired) electrons. The highest BCUT2D eigenvalue weighted by molar-refractivity contribution is 7.00. The van der Waals surface area contributed by atoms with Crippen LogP contribution < -0.4 is 26.2 Å². The van der Waals surface area contributed by atoms with Crippen molar-refractivity contribution in [2.75, 3.05) is 9.80 Å². The van der Waals surface area contributed by atoms with E-state index in [9.17, 15) is 0 Å². The second-order valence-corrected chi connectivity index (χ2v) is 41.7. The molecule has 23 rings (SSSR count). The Balaban J connectivity index is 0.820. The molecule has 0 fully saturated rings. The zero-order chi connectivity index (χ0) is 95.5. The van der Waals surface area contributed by atoms with E-state index in [2.05, 4.69) is 480 Å². The molecule has 2 aliphatic heterocycles. The Morgan fingerprint density at radius 1 is 0.193 bits per heavy atom. The summed E-state index contributed by atoms with van der Waals surface area (Å²) in [5, 5.41) is 2.15. The Morgan fingerprint density at radius 3 is 0.893 bits per heavy atom. The van der Waals surface area contributed by atoms with Crippen LogP contribution in [-0.4, -0.2) is 36.2 Å². The van der Waals surface area contributed by atoms with Gasteiger partial charge in [-0.25, -0.2) is 24.9 Å². The number of hydrogen-bond donors (Lipinski definition) is 0. The molecule has 9 heteroatoms. The van der Waals surface area contributed by atoms with Crippen molar-refractivity contribution >= 4 is 79.0 Å². The van der Waals surface area contributed by atoms with Crippen molar-refractivity contribution in [3.05, 3.63) is 453 Å². The fraction of sp³-hybridized carbons (Fsp3) is 0.122. The predicted octanol–water partition coefficient (Wildman–Crippen LogP) is 32.7. The van der Waals surface area contributed by atoms with Crippen LogP contribution in [0.5, 0.6) is 0 Å². The van der Waals surface area contributed by atoms with Crippen molar-refractivity contribution in [3.63, 3.8) is 0 Å². The lowest BCUT2D eigenvalue weighted by Crippen LogP contribution is -2.61. The first kappa shape index (κ1) is 87.6. The fourth-order valence-corrected chi connectivity index (χ4v) is 20.6. The summed E-state index contributed by atoms with van der Waals surface area (Å²) in [6, 6.07) is 159. The SMILES string of the molecule is CC(C)(C)c1cc(-c2ccc3c(c2)B2c4cc(-c5cc(C(C)(C)C)cc(C(C)(C)C)c5)ccc4N(c4cc(-c5ccccc5)cc(-c5ccccc5)c4)c4cc(-c5ccc6c(c5)c5ccccc5n6-c5ccc(-c6nc(-c7ccccc7)cc(-c7ccccc7)n6)cc5-c5nc(-c6ccccc6)nc(-c6ccccc6)n5)cc(c42)N3c2cc(-c3ccccc3)cc(-c3ccccc3)c2)cc(C(C)(C)C)c1. The Hall–Kier alpha value is -16.5. The zero-order valence-corrected chi connectivity index (χ0v) is 81.1. The molecule has 3 aromatic heterocycles. The molecule has 0 atom stereocenters. The van der Waals surface area contributed by atoms with Crippen LogP contribution >= 0.6 is 0 Å². The lowest BCUT2D eigenvalue weighted by atomic mass is 9.33. The van der Waals surface area contributed by atoms with Crippen molar-refractivity contribution < 1.29 is 0 Å². The fourth-order valence-electron chi connectivity index (χ4n) is 20.6. The van der Waals surface area contributed by atoms with Gasteiger partial charge < -0.3 is 14.4 Å². The first-order valence-electron chi connectivity index (χ1n) is 48.8. The van der Waals surface area contributed by atoms with Crippen molar-refractivity contribution in [2.45, 2.75) is 105 Å². The van der Waals surface area contributed by atoms with Crippen LogP contribution in [0.3, 0.4) is 0 Å². The molecule has 674 valence electrons. The normalized spacial score (nSPS) is 12.5. The molecule has 2 aliphatic rings. The molecule has 0 saturated carbocycles. The van der Waals surface area contributed by atoms with E-state index in [4.69, 9.17) is 24.9 Å². The second-order valence-electron chi connectivity index (χ2n) is 41.7. The van der Waals surface area contributed by atoms with Crippen LogP contribution in [0.1, 0.15) is 105 Å². The first-order valence-corrected chi connectivity index (χ1v) is 48.8. The topological polar surface area (TPSA) is 75.9 Å². The molecule has 0 aliphatic carbocycles. The van der Waals surface area contributed by atoms with Crippen molar-refractivity contribution in [1.82, 2.24) is 29.5 Å². The predicted molar refractivity (Wildman–Crippen MR) is 589 cm³/mol. The number of para-hydroxylation sites is 1. The number of aromatic nitrogens is 6. The molecule has 0 spiro atoms. The molecule has 0 amide bonds. The average Bonchev–Trinajstić information content (AvgIpc) is 0.784. The largest absolute Gasteiger partial charge is 0.311 e. The molecule has 0 bridgehead atoms. The summed E-state index contributed by atoms with van der Waals surface area (Å²) in [7, 11) is 0. The highest BCUT2D eigenvalue weighted by Crippen LogP contribution is 2.52. The second kappa shape index (κ2) is 34.9. The van der Waals surface area contributed by atoms with Crippen LogP contribution in [0.4, 0.5) is 34.1 Å². The zero-order valence-electron chi connectivity index (χ0n) is 81.1. The summed E-state index contributed by atoms with van der Waals surface area (Å²) in [5.41, 5.74) is 40.3. The van der Waals surface area contributed by atoms with Gasteiger partial charge in [0, 0.05) is 78.3 Å². The lowest BCUT2D eigenvalue weighted by molar-refractivity contribution is 0.568. The quantitative estimate of drug-likeness (QED) is 0.0892. The van der Waals surface area contributed by atoms with Gasteiger partial charge in [0.1, 0.15) is 0 Å². The summed E-state index contributed by atoms with van der Waals surface area (Å²) >= 11 is 0. The number of hydrogen-bond acceptors (Lipinski definition) is 7. The molecule has 5 heterocycles. The van der Waals surface area contributed by atoms with E-state index >= 15 is 0 Å². The summed E-state index contributed by atoms with van der Waals surface area (Å²) < 4.78 is 2.42. The van der Waals surface area contributed by atoms with E-state index in [1.807, 2.05) is 48.5 Å². The number of benzene rings is 18. The Bertz CT molecular complexity index is 7790. The molecule has 0 saturated heterocycles. The van der Waals surface area contributed by atoms with Crippen LogP contribution in [0, 0.1) is 0 Å². The number of anilines is 6.